The first kappa shape index (κ1) is 12.2. The molecule has 1 N–H and O–H groups in total. The third-order valence-corrected chi connectivity index (χ3v) is 3.57. The van der Waals surface area contributed by atoms with E-state index in [9.17, 15) is 0 Å². The van der Waals surface area contributed by atoms with E-state index in [1.807, 2.05) is 24.3 Å². The van der Waals surface area contributed by atoms with Gasteiger partial charge in [-0.2, -0.15) is 0 Å². The van der Waals surface area contributed by atoms with Gasteiger partial charge in [0.1, 0.15) is 5.52 Å². The van der Waals surface area contributed by atoms with Gasteiger partial charge in [-0.3, -0.25) is 0 Å². The molecule has 1 aromatic carbocycles. The normalized spacial score (nSPS) is 11.1. The lowest BCUT2D eigenvalue weighted by Gasteiger charge is -1.96. The molecule has 3 aromatic rings. The Hall–Kier alpha value is -1.88. The second kappa shape index (κ2) is 5.01. The van der Waals surface area contributed by atoms with Gasteiger partial charge in [0, 0.05) is 16.7 Å². The third kappa shape index (κ3) is 2.46. The van der Waals surface area contributed by atoms with Crippen molar-refractivity contribution in [3.63, 3.8) is 0 Å². The largest absolute Gasteiger partial charge is 0.338 e. The van der Waals surface area contributed by atoms with Crippen molar-refractivity contribution in [2.24, 2.45) is 0 Å². The van der Waals surface area contributed by atoms with Crippen molar-refractivity contribution in [1.29, 1.82) is 0 Å². The minimum absolute atomic E-state index is 0.705. The molecule has 0 radical (unpaired) electrons. The van der Waals surface area contributed by atoms with Crippen LogP contribution in [0.25, 0.3) is 22.1 Å². The van der Waals surface area contributed by atoms with Crippen LogP contribution in [0.2, 0.25) is 0 Å². The summed E-state index contributed by atoms with van der Waals surface area (Å²) >= 11 is 1.59. The highest BCUT2D eigenvalue weighted by atomic mass is 32.2. The number of aromatic amines is 1. The van der Waals surface area contributed by atoms with E-state index in [4.69, 9.17) is 0 Å². The fraction of sp³-hybridized carbons (Fsp3) is 0.214. The van der Waals surface area contributed by atoms with Crippen LogP contribution in [0.15, 0.2) is 41.1 Å². The molecule has 0 spiro atoms. The van der Waals surface area contributed by atoms with Crippen LogP contribution in [-0.2, 0) is 0 Å². The fourth-order valence-electron chi connectivity index (χ4n) is 1.85. The van der Waals surface area contributed by atoms with Gasteiger partial charge in [0.15, 0.2) is 5.65 Å². The predicted molar refractivity (Wildman–Crippen MR) is 79.3 cm³/mol. The van der Waals surface area contributed by atoms with Gasteiger partial charge in [-0.05, 0) is 19.9 Å². The van der Waals surface area contributed by atoms with Crippen molar-refractivity contribution in [3.05, 3.63) is 35.9 Å². The van der Waals surface area contributed by atoms with Crippen LogP contribution in [-0.4, -0.2) is 25.9 Å². The van der Waals surface area contributed by atoms with Gasteiger partial charge >= 0.3 is 0 Å². The molecule has 4 nitrogen and oxygen atoms in total. The molecule has 2 heterocycles. The number of hydrogen-bond donors (Lipinski definition) is 1. The Labute approximate surface area is 115 Å². The minimum atomic E-state index is 0.705. The number of hydrogen-bond acceptors (Lipinski definition) is 4. The van der Waals surface area contributed by atoms with Crippen molar-refractivity contribution in [2.45, 2.75) is 19.0 Å². The quantitative estimate of drug-likeness (QED) is 0.584. The number of nitrogens with zero attached hydrogens (tertiary/aromatic N) is 3. The summed E-state index contributed by atoms with van der Waals surface area (Å²) in [5.41, 5.74) is 3.98. The molecular formula is C14H14N4S. The number of aromatic nitrogens is 4. The van der Waals surface area contributed by atoms with Gasteiger partial charge < -0.3 is 4.98 Å². The van der Waals surface area contributed by atoms with Crippen molar-refractivity contribution >= 4 is 33.8 Å². The van der Waals surface area contributed by atoms with Crippen LogP contribution in [0.5, 0.6) is 0 Å². The molecule has 3 rings (SSSR count). The van der Waals surface area contributed by atoms with Crippen LogP contribution in [0.3, 0.4) is 0 Å². The van der Waals surface area contributed by atoms with Gasteiger partial charge in [0.25, 0.3) is 0 Å². The zero-order valence-electron chi connectivity index (χ0n) is 10.8. The SMILES string of the molecule is CC(C)=CCSc1nnc2c(n1)[nH]c1ccccc12. The zero-order valence-corrected chi connectivity index (χ0v) is 11.7. The topological polar surface area (TPSA) is 54.5 Å². The van der Waals surface area contributed by atoms with Gasteiger partial charge in [0.05, 0.1) is 0 Å². The lowest BCUT2D eigenvalue weighted by Crippen LogP contribution is -1.91. The van der Waals surface area contributed by atoms with Gasteiger partial charge in [0.2, 0.25) is 5.16 Å². The highest BCUT2D eigenvalue weighted by Crippen LogP contribution is 2.23. The Bertz CT molecular complexity index is 756. The highest BCUT2D eigenvalue weighted by molar-refractivity contribution is 7.99. The van der Waals surface area contributed by atoms with E-state index < -0.39 is 0 Å². The maximum atomic E-state index is 4.51. The first-order chi connectivity index (χ1) is 9.24. The van der Waals surface area contributed by atoms with E-state index in [1.165, 1.54) is 5.57 Å². The molecule has 0 saturated heterocycles. The van der Waals surface area contributed by atoms with Crippen molar-refractivity contribution < 1.29 is 0 Å². The third-order valence-electron chi connectivity index (χ3n) is 2.81. The molecule has 2 aromatic heterocycles. The Balaban J connectivity index is 1.97. The lowest BCUT2D eigenvalue weighted by molar-refractivity contribution is 0.879. The molecule has 19 heavy (non-hydrogen) atoms. The molecule has 96 valence electrons. The number of thioether (sulfide) groups is 1. The Morgan fingerprint density at radius 2 is 2.11 bits per heavy atom. The number of fused-ring (bicyclic) bond motifs is 3. The monoisotopic (exact) mass is 270 g/mol. The van der Waals surface area contributed by atoms with Crippen LogP contribution in [0, 0.1) is 0 Å². The Morgan fingerprint density at radius 3 is 2.95 bits per heavy atom. The van der Waals surface area contributed by atoms with Gasteiger partial charge in [-0.1, -0.05) is 41.6 Å². The molecule has 0 aliphatic rings. The van der Waals surface area contributed by atoms with Crippen LogP contribution >= 0.6 is 11.8 Å². The molecule has 0 aliphatic carbocycles. The smallest absolute Gasteiger partial charge is 0.211 e. The molecule has 0 unspecified atom stereocenters. The lowest BCUT2D eigenvalue weighted by atomic mass is 10.2. The molecule has 0 atom stereocenters. The first-order valence-electron chi connectivity index (χ1n) is 6.11. The number of para-hydroxylation sites is 1. The second-order valence-corrected chi connectivity index (χ2v) is 5.54. The van der Waals surface area contributed by atoms with Gasteiger partial charge in [-0.15, -0.1) is 10.2 Å². The summed E-state index contributed by atoms with van der Waals surface area (Å²) in [6, 6.07) is 8.04. The highest BCUT2D eigenvalue weighted by Gasteiger charge is 2.08. The summed E-state index contributed by atoms with van der Waals surface area (Å²) in [6.07, 6.45) is 2.16. The van der Waals surface area contributed by atoms with Crippen LogP contribution in [0.4, 0.5) is 0 Å². The summed E-state index contributed by atoms with van der Waals surface area (Å²) < 4.78 is 0. The summed E-state index contributed by atoms with van der Waals surface area (Å²) in [6.45, 7) is 4.17. The van der Waals surface area contributed by atoms with Gasteiger partial charge in [-0.25, -0.2) is 4.98 Å². The average Bonchev–Trinajstić information content (AvgIpc) is 2.76. The van der Waals surface area contributed by atoms with Crippen molar-refractivity contribution in [1.82, 2.24) is 20.2 Å². The van der Waals surface area contributed by atoms with Crippen LogP contribution in [0.1, 0.15) is 13.8 Å². The van der Waals surface area contributed by atoms with Crippen molar-refractivity contribution in [2.75, 3.05) is 5.75 Å². The van der Waals surface area contributed by atoms with E-state index in [0.29, 0.717) is 5.16 Å². The van der Waals surface area contributed by atoms with E-state index >= 15 is 0 Å². The Morgan fingerprint density at radius 1 is 1.26 bits per heavy atom. The molecule has 5 heteroatoms. The first-order valence-corrected chi connectivity index (χ1v) is 7.10. The molecular weight excluding hydrogens is 256 g/mol. The summed E-state index contributed by atoms with van der Waals surface area (Å²) in [5, 5.41) is 10.2. The molecule has 0 fully saturated rings. The van der Waals surface area contributed by atoms with Crippen LogP contribution < -0.4 is 0 Å². The summed E-state index contributed by atoms with van der Waals surface area (Å²) in [5.74, 6) is 0.871. The predicted octanol–water partition coefficient (Wildman–Crippen LogP) is 3.56. The van der Waals surface area contributed by atoms with E-state index in [-0.39, 0.29) is 0 Å². The van der Waals surface area contributed by atoms with E-state index in [2.05, 4.69) is 40.1 Å². The summed E-state index contributed by atoms with van der Waals surface area (Å²) in [4.78, 5) is 7.79. The summed E-state index contributed by atoms with van der Waals surface area (Å²) in [7, 11) is 0. The van der Waals surface area contributed by atoms with E-state index in [1.54, 1.807) is 11.8 Å². The maximum Gasteiger partial charge on any atom is 0.211 e. The number of benzene rings is 1. The number of rotatable bonds is 3. The molecule has 0 bridgehead atoms. The second-order valence-electron chi connectivity index (χ2n) is 4.55. The van der Waals surface area contributed by atoms with Crippen molar-refractivity contribution in [3.8, 4) is 0 Å². The molecule has 0 amide bonds. The number of allylic oxidation sites excluding steroid dienone is 1. The number of nitrogens with one attached hydrogen (secondary N) is 1. The fourth-order valence-corrected chi connectivity index (χ4v) is 2.67. The average molecular weight is 270 g/mol. The van der Waals surface area contributed by atoms with E-state index in [0.717, 1.165) is 27.8 Å². The Kier molecular flexibility index (Phi) is 3.21. The maximum absolute atomic E-state index is 4.51. The molecule has 0 saturated carbocycles. The number of H-pyrrole nitrogens is 1. The molecule has 0 aliphatic heterocycles. The minimum Gasteiger partial charge on any atom is -0.338 e. The zero-order chi connectivity index (χ0) is 13.2. The standard InChI is InChI=1S/C14H14N4S/c1-9(2)7-8-19-14-16-13-12(17-18-14)10-5-3-4-6-11(10)15-13/h3-7H,8H2,1-2H3,(H,15,16,18).